The molecule has 138 valence electrons. The molecule has 0 radical (unpaired) electrons. The lowest BCUT2D eigenvalue weighted by molar-refractivity contribution is -0.175. The molecule has 1 saturated heterocycles. The monoisotopic (exact) mass is 360 g/mol. The molecule has 0 aromatic rings. The van der Waals surface area contributed by atoms with Crippen molar-refractivity contribution in [3.8, 4) is 0 Å². The number of ether oxygens (including phenoxy) is 3. The fourth-order valence-corrected chi connectivity index (χ4v) is 3.79. The third-order valence-corrected chi connectivity index (χ3v) is 5.43. The predicted molar refractivity (Wildman–Crippen MR) is 92.0 cm³/mol. The Morgan fingerprint density at radius 2 is 2.17 bits per heavy atom. The van der Waals surface area contributed by atoms with Crippen molar-refractivity contribution in [1.29, 1.82) is 0 Å². The number of rotatable bonds is 7. The standard InChI is InChI=1S/C18H29ClO5/c1-11(2)5-6-12(3)16(21)15-17(22-4)13(24-14(20)9-19)7-8-18(15)10-23-18/h5,12-13,15-17,21H,6-10H2,1-4H3. The first-order chi connectivity index (χ1) is 11.3. The first-order valence-corrected chi connectivity index (χ1v) is 9.11. The third-order valence-electron chi connectivity index (χ3n) is 5.21. The molecule has 6 atom stereocenters. The molecular formula is C18H29ClO5. The fourth-order valence-electron chi connectivity index (χ4n) is 3.72. The van der Waals surface area contributed by atoms with Gasteiger partial charge in [-0.3, -0.25) is 4.79 Å². The lowest BCUT2D eigenvalue weighted by atomic mass is 9.70. The van der Waals surface area contributed by atoms with Crippen molar-refractivity contribution in [2.24, 2.45) is 11.8 Å². The summed E-state index contributed by atoms with van der Waals surface area (Å²) >= 11 is 5.55. The van der Waals surface area contributed by atoms with E-state index in [-0.39, 0.29) is 23.3 Å². The minimum atomic E-state index is -0.592. The molecule has 1 heterocycles. The Morgan fingerprint density at radius 1 is 1.50 bits per heavy atom. The molecule has 1 spiro atoms. The first kappa shape index (κ1) is 19.7. The number of epoxide rings is 1. The number of hydrogen-bond donors (Lipinski definition) is 1. The van der Waals surface area contributed by atoms with Gasteiger partial charge in [-0.1, -0.05) is 18.6 Å². The van der Waals surface area contributed by atoms with Crippen molar-refractivity contribution in [1.82, 2.24) is 0 Å². The zero-order chi connectivity index (χ0) is 17.9. The zero-order valence-corrected chi connectivity index (χ0v) is 15.7. The molecule has 2 fully saturated rings. The van der Waals surface area contributed by atoms with Crippen molar-refractivity contribution in [3.63, 3.8) is 0 Å². The molecule has 1 aliphatic carbocycles. The van der Waals surface area contributed by atoms with E-state index < -0.39 is 24.3 Å². The van der Waals surface area contributed by atoms with E-state index in [0.29, 0.717) is 13.0 Å². The molecule has 0 amide bonds. The van der Waals surface area contributed by atoms with Gasteiger partial charge >= 0.3 is 5.97 Å². The number of alkyl halides is 1. The van der Waals surface area contributed by atoms with Gasteiger partial charge in [0.2, 0.25) is 0 Å². The Kier molecular flexibility index (Phi) is 6.71. The maximum absolute atomic E-state index is 11.6. The van der Waals surface area contributed by atoms with Crippen LogP contribution in [0.3, 0.4) is 0 Å². The van der Waals surface area contributed by atoms with Crippen molar-refractivity contribution < 1.29 is 24.1 Å². The van der Waals surface area contributed by atoms with Crippen molar-refractivity contribution in [2.75, 3.05) is 19.6 Å². The highest BCUT2D eigenvalue weighted by Crippen LogP contribution is 2.50. The van der Waals surface area contributed by atoms with E-state index in [1.165, 1.54) is 5.57 Å². The number of methoxy groups -OCH3 is 1. The number of hydrogen-bond acceptors (Lipinski definition) is 5. The Hall–Kier alpha value is -0.620. The molecule has 0 bridgehead atoms. The summed E-state index contributed by atoms with van der Waals surface area (Å²) in [5, 5.41) is 11.0. The summed E-state index contributed by atoms with van der Waals surface area (Å²) in [7, 11) is 1.59. The maximum Gasteiger partial charge on any atom is 0.321 e. The average Bonchev–Trinajstić information content (AvgIpc) is 3.33. The lowest BCUT2D eigenvalue weighted by Crippen LogP contribution is -2.55. The Balaban J connectivity index is 2.15. The van der Waals surface area contributed by atoms with E-state index >= 15 is 0 Å². The van der Waals surface area contributed by atoms with E-state index in [1.54, 1.807) is 7.11 Å². The first-order valence-electron chi connectivity index (χ1n) is 8.58. The smallest absolute Gasteiger partial charge is 0.321 e. The summed E-state index contributed by atoms with van der Waals surface area (Å²) in [6.07, 6.45) is 2.95. The fraction of sp³-hybridized carbons (Fsp3) is 0.833. The van der Waals surface area contributed by atoms with Crippen LogP contribution in [0.1, 0.15) is 40.0 Å². The molecule has 0 aromatic carbocycles. The van der Waals surface area contributed by atoms with Crippen LogP contribution in [0, 0.1) is 11.8 Å². The van der Waals surface area contributed by atoms with E-state index in [1.807, 2.05) is 20.8 Å². The second-order valence-corrected chi connectivity index (χ2v) is 7.53. The van der Waals surface area contributed by atoms with Gasteiger partial charge in [-0.2, -0.15) is 0 Å². The predicted octanol–water partition coefficient (Wildman–Crippen LogP) is 2.68. The van der Waals surface area contributed by atoms with Gasteiger partial charge < -0.3 is 19.3 Å². The topological polar surface area (TPSA) is 68.3 Å². The second kappa shape index (κ2) is 8.17. The summed E-state index contributed by atoms with van der Waals surface area (Å²) < 4.78 is 16.8. The number of halogens is 1. The van der Waals surface area contributed by atoms with E-state index in [9.17, 15) is 9.90 Å². The summed E-state index contributed by atoms with van der Waals surface area (Å²) in [5.41, 5.74) is 0.885. The van der Waals surface area contributed by atoms with Crippen LogP contribution >= 0.6 is 11.6 Å². The Morgan fingerprint density at radius 3 is 2.67 bits per heavy atom. The number of aliphatic hydroxyl groups excluding tert-OH is 1. The average molecular weight is 361 g/mol. The van der Waals surface area contributed by atoms with Crippen LogP contribution in [-0.2, 0) is 19.0 Å². The van der Waals surface area contributed by atoms with Gasteiger partial charge in [0.05, 0.1) is 18.3 Å². The van der Waals surface area contributed by atoms with Crippen molar-refractivity contribution >= 4 is 17.6 Å². The minimum Gasteiger partial charge on any atom is -0.459 e. The molecule has 24 heavy (non-hydrogen) atoms. The van der Waals surface area contributed by atoms with E-state index in [0.717, 1.165) is 12.8 Å². The molecule has 6 heteroatoms. The highest BCUT2D eigenvalue weighted by molar-refractivity contribution is 6.26. The molecule has 2 rings (SSSR count). The van der Waals surface area contributed by atoms with Crippen LogP contribution in [-0.4, -0.2) is 54.6 Å². The van der Waals surface area contributed by atoms with Crippen molar-refractivity contribution in [3.05, 3.63) is 11.6 Å². The summed E-state index contributed by atoms with van der Waals surface area (Å²) in [6, 6.07) is 0. The second-order valence-electron chi connectivity index (χ2n) is 7.27. The van der Waals surface area contributed by atoms with Gasteiger partial charge in [0, 0.05) is 13.0 Å². The number of carbonyl (C=O) groups is 1. The number of carbonyl (C=O) groups excluding carboxylic acids is 1. The molecule has 2 aliphatic rings. The van der Waals surface area contributed by atoms with Crippen LogP contribution in [0.2, 0.25) is 0 Å². The lowest BCUT2D eigenvalue weighted by Gasteiger charge is -2.43. The molecule has 1 saturated carbocycles. The van der Waals surface area contributed by atoms with Crippen LogP contribution in [0.25, 0.3) is 0 Å². The minimum absolute atomic E-state index is 0.0612. The summed E-state index contributed by atoms with van der Waals surface area (Å²) in [6.45, 7) is 6.75. The summed E-state index contributed by atoms with van der Waals surface area (Å²) in [5.74, 6) is -0.795. The molecular weight excluding hydrogens is 332 g/mol. The number of allylic oxidation sites excluding steroid dienone is 2. The van der Waals surface area contributed by atoms with Gasteiger partial charge in [0.1, 0.15) is 18.1 Å². The normalized spacial score (nSPS) is 34.5. The Labute approximate surface area is 149 Å². The van der Waals surface area contributed by atoms with Gasteiger partial charge in [0.25, 0.3) is 0 Å². The van der Waals surface area contributed by atoms with Crippen LogP contribution < -0.4 is 0 Å². The largest absolute Gasteiger partial charge is 0.459 e. The SMILES string of the molecule is COC1C(OC(=O)CCl)CCC2(CO2)C1C(O)C(C)CC=C(C)C. The third kappa shape index (κ3) is 4.31. The quantitative estimate of drug-likeness (QED) is 0.327. The highest BCUT2D eigenvalue weighted by Gasteiger charge is 2.62. The van der Waals surface area contributed by atoms with Crippen LogP contribution in [0.4, 0.5) is 0 Å². The van der Waals surface area contributed by atoms with Gasteiger partial charge in [-0.25, -0.2) is 0 Å². The molecule has 5 nitrogen and oxygen atoms in total. The zero-order valence-electron chi connectivity index (χ0n) is 15.0. The molecule has 0 aromatic heterocycles. The van der Waals surface area contributed by atoms with Crippen LogP contribution in [0.5, 0.6) is 0 Å². The molecule has 1 aliphatic heterocycles. The van der Waals surface area contributed by atoms with Gasteiger partial charge in [-0.15, -0.1) is 11.6 Å². The molecule has 1 N–H and O–H groups in total. The molecule has 6 unspecified atom stereocenters. The Bertz CT molecular complexity index is 470. The number of esters is 1. The summed E-state index contributed by atoms with van der Waals surface area (Å²) in [4.78, 5) is 11.6. The highest BCUT2D eigenvalue weighted by atomic mass is 35.5. The van der Waals surface area contributed by atoms with E-state index in [2.05, 4.69) is 6.08 Å². The number of aliphatic hydroxyl groups is 1. The maximum atomic E-state index is 11.6. The van der Waals surface area contributed by atoms with Crippen molar-refractivity contribution in [2.45, 2.75) is 63.9 Å². The van der Waals surface area contributed by atoms with Crippen LogP contribution in [0.15, 0.2) is 11.6 Å². The van der Waals surface area contributed by atoms with Gasteiger partial charge in [0.15, 0.2) is 0 Å². The van der Waals surface area contributed by atoms with Gasteiger partial charge in [-0.05, 0) is 39.0 Å². The van der Waals surface area contributed by atoms with E-state index in [4.69, 9.17) is 25.8 Å².